The van der Waals surface area contributed by atoms with Crippen LogP contribution < -0.4 is 0 Å². The van der Waals surface area contributed by atoms with Crippen molar-refractivity contribution in [3.8, 4) is 0 Å². The van der Waals surface area contributed by atoms with Crippen molar-refractivity contribution in [2.75, 3.05) is 0 Å². The summed E-state index contributed by atoms with van der Waals surface area (Å²) in [6.45, 7) is 0. The fourth-order valence-corrected chi connectivity index (χ4v) is 1.05. The Labute approximate surface area is 79.6 Å². The first-order chi connectivity index (χ1) is 6.05. The average Bonchev–Trinajstić information content (AvgIpc) is 2.01. The summed E-state index contributed by atoms with van der Waals surface area (Å²) in [4.78, 5) is 0. The summed E-state index contributed by atoms with van der Waals surface area (Å²) < 4.78 is 87.9. The van der Waals surface area contributed by atoms with Gasteiger partial charge in [0.05, 0.1) is 0 Å². The van der Waals surface area contributed by atoms with Gasteiger partial charge in [-0.25, -0.2) is 0 Å². The molecule has 0 aromatic rings. The van der Waals surface area contributed by atoms with Crippen LogP contribution in [0.25, 0.3) is 0 Å². The van der Waals surface area contributed by atoms with Crippen molar-refractivity contribution < 1.29 is 35.1 Å². The summed E-state index contributed by atoms with van der Waals surface area (Å²) in [7, 11) is 0. The first-order valence-corrected chi connectivity index (χ1v) is 4.73. The maximum Gasteiger partial charge on any atom is 0.377 e. The van der Waals surface area contributed by atoms with Crippen LogP contribution in [0.1, 0.15) is 0 Å². The summed E-state index contributed by atoms with van der Waals surface area (Å²) in [6, 6.07) is 0. The highest BCUT2D eigenvalue weighted by atomic mass is 32.2. The van der Waals surface area contributed by atoms with E-state index >= 15 is 0 Å². The fourth-order valence-electron chi connectivity index (χ4n) is 0.341. The Morgan fingerprint density at radius 3 is 1.71 bits per heavy atom. The van der Waals surface area contributed by atoms with Crippen LogP contribution in [0.4, 0.5) is 17.6 Å². The molecule has 5 nitrogen and oxygen atoms in total. The Morgan fingerprint density at radius 2 is 1.50 bits per heavy atom. The normalized spacial score (nSPS) is 17.6. The van der Waals surface area contributed by atoms with Crippen molar-refractivity contribution in [3.63, 3.8) is 0 Å². The highest BCUT2D eigenvalue weighted by Gasteiger charge is 2.61. The molecule has 0 saturated carbocycles. The lowest BCUT2D eigenvalue weighted by Crippen LogP contribution is -2.50. The van der Waals surface area contributed by atoms with Gasteiger partial charge < -0.3 is 9.11 Å². The van der Waals surface area contributed by atoms with E-state index in [1.54, 1.807) is 0 Å². The monoisotopic (exact) mass is 255 g/mol. The molecule has 0 saturated heterocycles. The molecule has 11 heteroatoms. The second-order valence-corrected chi connectivity index (χ2v) is 3.75. The minimum absolute atomic E-state index is 2.69. The number of alkyl halides is 4. The lowest BCUT2D eigenvalue weighted by Gasteiger charge is -2.28. The molecule has 0 rings (SSSR count). The number of nitrogens with one attached hydrogen (secondary N) is 1. The molecule has 0 aliphatic rings. The van der Waals surface area contributed by atoms with E-state index < -0.39 is 38.4 Å². The first-order valence-electron chi connectivity index (χ1n) is 2.58. The highest BCUT2D eigenvalue weighted by molar-refractivity contribution is 7.95. The lowest BCUT2D eigenvalue weighted by molar-refractivity contribution is -0.107. The second kappa shape index (κ2) is 4.00. The van der Waals surface area contributed by atoms with E-state index in [-0.39, 0.29) is 0 Å². The summed E-state index contributed by atoms with van der Waals surface area (Å²) in [5.41, 5.74) is 0. The third kappa shape index (κ3) is 2.16. The van der Waals surface area contributed by atoms with Crippen LogP contribution >= 0.6 is 0 Å². The summed E-state index contributed by atoms with van der Waals surface area (Å²) in [6.07, 6.45) is 0. The Kier molecular flexibility index (Phi) is 3.89. The van der Waals surface area contributed by atoms with E-state index in [0.29, 0.717) is 0 Å². The number of hydrogen-bond acceptors (Lipinski definition) is 5. The molecule has 1 N–H and O–H groups in total. The van der Waals surface area contributed by atoms with Gasteiger partial charge in [-0.1, -0.05) is 0 Å². The maximum absolute atomic E-state index is 12.3. The molecule has 0 bridgehead atoms. The second-order valence-electron chi connectivity index (χ2n) is 1.89. The Morgan fingerprint density at radius 1 is 1.14 bits per heavy atom. The number of halogens is 4. The highest BCUT2D eigenvalue weighted by Crippen LogP contribution is 2.37. The zero-order chi connectivity index (χ0) is 11.7. The minimum Gasteiger partial charge on any atom is -0.768 e. The van der Waals surface area contributed by atoms with Gasteiger partial charge in [0.15, 0.2) is 5.04 Å². The van der Waals surface area contributed by atoms with Crippen molar-refractivity contribution in [2.24, 2.45) is 0 Å². The minimum atomic E-state index is -5.63. The Balaban J connectivity index is 5.24. The molecule has 0 aromatic carbocycles. The van der Waals surface area contributed by atoms with E-state index in [4.69, 9.17) is 5.41 Å². The zero-order valence-corrected chi connectivity index (χ0v) is 7.59. The molecule has 0 fully saturated rings. The predicted octanol–water partition coefficient (Wildman–Crippen LogP) is -0.0500. The Bertz CT molecular complexity index is 305. The van der Waals surface area contributed by atoms with E-state index in [1.807, 2.05) is 0 Å². The predicted molar refractivity (Wildman–Crippen MR) is 35.5 cm³/mol. The summed E-state index contributed by atoms with van der Waals surface area (Å²) in [5, 5.41) is -2.24. The van der Waals surface area contributed by atoms with Gasteiger partial charge in [-0.2, -0.15) is 17.6 Å². The molecule has 0 heterocycles. The van der Waals surface area contributed by atoms with Crippen LogP contribution in [0.15, 0.2) is 0 Å². The standard InChI is InChI=1S/C3H3F4NO4S2/c4-2(5,1(8)13(9)10)3(6,7)14(11)12/h8H,(H,9,10)(H,11,12)/p-2. The van der Waals surface area contributed by atoms with Gasteiger partial charge in [0.25, 0.3) is 0 Å². The largest absolute Gasteiger partial charge is 0.768 e. The van der Waals surface area contributed by atoms with Crippen molar-refractivity contribution in [3.05, 3.63) is 0 Å². The smallest absolute Gasteiger partial charge is 0.377 e. The quantitative estimate of drug-likeness (QED) is 0.330. The van der Waals surface area contributed by atoms with Crippen LogP contribution in [0.5, 0.6) is 0 Å². The van der Waals surface area contributed by atoms with Gasteiger partial charge in [-0.15, -0.1) is 0 Å². The molecule has 0 aromatic heterocycles. The van der Waals surface area contributed by atoms with Gasteiger partial charge in [-0.05, 0) is 11.1 Å². The molecule has 0 radical (unpaired) electrons. The van der Waals surface area contributed by atoms with Gasteiger partial charge in [0.2, 0.25) is 0 Å². The van der Waals surface area contributed by atoms with E-state index in [9.17, 15) is 35.1 Å². The van der Waals surface area contributed by atoms with Crippen LogP contribution in [0, 0.1) is 5.41 Å². The molecule has 0 spiro atoms. The number of rotatable bonds is 3. The van der Waals surface area contributed by atoms with E-state index in [0.717, 1.165) is 0 Å². The Hall–Kier alpha value is -0.390. The van der Waals surface area contributed by atoms with Crippen LogP contribution in [0.2, 0.25) is 0 Å². The molecule has 14 heavy (non-hydrogen) atoms. The van der Waals surface area contributed by atoms with Crippen LogP contribution in [0.3, 0.4) is 0 Å². The SMILES string of the molecule is N=C(S(=O)[O-])C(F)(F)C(F)(F)S(=O)[O-]. The molecule has 0 aliphatic heterocycles. The van der Waals surface area contributed by atoms with E-state index in [2.05, 4.69) is 0 Å². The molecule has 0 amide bonds. The molecule has 84 valence electrons. The maximum atomic E-state index is 12.3. The first kappa shape index (κ1) is 13.6. The lowest BCUT2D eigenvalue weighted by atomic mass is 10.4. The molecule has 2 atom stereocenters. The van der Waals surface area contributed by atoms with Gasteiger partial charge >= 0.3 is 11.2 Å². The summed E-state index contributed by atoms with van der Waals surface area (Å²) >= 11 is -8.44. The fraction of sp³-hybridized carbons (Fsp3) is 0.667. The topological polar surface area (TPSA) is 104 Å². The van der Waals surface area contributed by atoms with Crippen LogP contribution in [-0.4, -0.2) is 33.7 Å². The molecular weight excluding hydrogens is 254 g/mol. The van der Waals surface area contributed by atoms with Crippen molar-refractivity contribution in [1.29, 1.82) is 5.41 Å². The van der Waals surface area contributed by atoms with Gasteiger partial charge in [-0.3, -0.25) is 13.8 Å². The average molecular weight is 255 g/mol. The summed E-state index contributed by atoms with van der Waals surface area (Å²) in [5.74, 6) is -5.58. The third-order valence-electron chi connectivity index (χ3n) is 1.03. The van der Waals surface area contributed by atoms with E-state index in [1.165, 1.54) is 0 Å². The van der Waals surface area contributed by atoms with Crippen LogP contribution in [-0.2, 0) is 22.2 Å². The molecular formula is C3HF4NO4S2-2. The van der Waals surface area contributed by atoms with Crippen molar-refractivity contribution in [2.45, 2.75) is 11.2 Å². The van der Waals surface area contributed by atoms with Crippen molar-refractivity contribution >= 4 is 27.2 Å². The third-order valence-corrected chi connectivity index (χ3v) is 2.29. The molecule has 0 aliphatic carbocycles. The molecule has 2 unspecified atom stereocenters. The van der Waals surface area contributed by atoms with Gasteiger partial charge in [0, 0.05) is 11.1 Å². The zero-order valence-electron chi connectivity index (χ0n) is 5.96. The van der Waals surface area contributed by atoms with Gasteiger partial charge in [0.1, 0.15) is 0 Å². The van der Waals surface area contributed by atoms with Crippen molar-refractivity contribution in [1.82, 2.24) is 0 Å². The number of hydrogen-bond donors (Lipinski definition) is 1.